The van der Waals surface area contributed by atoms with Crippen LogP contribution in [0.2, 0.25) is 0 Å². The van der Waals surface area contributed by atoms with Gasteiger partial charge in [0.2, 0.25) is 5.91 Å². The molecule has 6 nitrogen and oxygen atoms in total. The number of carbonyl (C=O) groups excluding carboxylic acids is 1. The van der Waals surface area contributed by atoms with E-state index in [0.29, 0.717) is 12.8 Å². The lowest BCUT2D eigenvalue weighted by molar-refractivity contribution is -0.132. The summed E-state index contributed by atoms with van der Waals surface area (Å²) in [7, 11) is 0. The summed E-state index contributed by atoms with van der Waals surface area (Å²) in [5.74, 6) is -0.593. The zero-order valence-corrected chi connectivity index (χ0v) is 39.3. The van der Waals surface area contributed by atoms with Gasteiger partial charge in [0, 0.05) is 0 Å². The van der Waals surface area contributed by atoms with Gasteiger partial charge in [-0.2, -0.15) is 0 Å². The molecular weight excluding hydrogens is 731 g/mol. The molecule has 0 aliphatic rings. The number of nitrogens with one attached hydrogen (secondary N) is 1. The maximum Gasteiger partial charge on any atom is 0.249 e. The Bertz CT molecular complexity index is 935. The number of unbranched alkanes of at least 4 members (excludes halogenated alkanes) is 32. The van der Waals surface area contributed by atoms with Crippen molar-refractivity contribution in [2.75, 3.05) is 6.61 Å². The third-order valence-corrected chi connectivity index (χ3v) is 12.1. The van der Waals surface area contributed by atoms with Gasteiger partial charge < -0.3 is 25.7 Å². The Morgan fingerprint density at radius 2 is 0.746 bits per heavy atom. The third-order valence-electron chi connectivity index (χ3n) is 12.1. The highest BCUT2D eigenvalue weighted by Crippen LogP contribution is 2.16. The van der Waals surface area contributed by atoms with E-state index in [2.05, 4.69) is 55.6 Å². The van der Waals surface area contributed by atoms with Crippen LogP contribution in [-0.2, 0) is 4.79 Å². The topological polar surface area (TPSA) is 110 Å². The summed E-state index contributed by atoms with van der Waals surface area (Å²) < 4.78 is 0. The van der Waals surface area contributed by atoms with Crippen LogP contribution in [0.25, 0.3) is 0 Å². The number of rotatable bonds is 47. The highest BCUT2D eigenvalue weighted by Gasteiger charge is 2.28. The zero-order chi connectivity index (χ0) is 43.1. The van der Waals surface area contributed by atoms with Gasteiger partial charge in [0.15, 0.2) is 0 Å². The van der Waals surface area contributed by atoms with Crippen LogP contribution in [0.4, 0.5) is 0 Å². The zero-order valence-electron chi connectivity index (χ0n) is 39.3. The molecule has 4 atom stereocenters. The number of aliphatic hydroxyl groups is 4. The van der Waals surface area contributed by atoms with Gasteiger partial charge in [0.25, 0.3) is 0 Å². The van der Waals surface area contributed by atoms with Crippen LogP contribution in [0.3, 0.4) is 0 Å². The minimum atomic E-state index is -1.28. The van der Waals surface area contributed by atoms with Gasteiger partial charge in [-0.05, 0) is 70.6 Å². The Balaban J connectivity index is 3.58. The van der Waals surface area contributed by atoms with Gasteiger partial charge in [0.05, 0.1) is 18.8 Å². The summed E-state index contributed by atoms with van der Waals surface area (Å²) >= 11 is 0. The fourth-order valence-electron chi connectivity index (χ4n) is 7.97. The number of allylic oxidation sites excluding steroid dienone is 6. The van der Waals surface area contributed by atoms with Crippen LogP contribution in [0, 0.1) is 0 Å². The van der Waals surface area contributed by atoms with Gasteiger partial charge in [-0.1, -0.05) is 230 Å². The van der Waals surface area contributed by atoms with Gasteiger partial charge in [-0.25, -0.2) is 0 Å². The summed E-state index contributed by atoms with van der Waals surface area (Å²) in [6.45, 7) is 4.02. The van der Waals surface area contributed by atoms with Crippen molar-refractivity contribution >= 4 is 5.91 Å². The van der Waals surface area contributed by atoms with Crippen molar-refractivity contribution in [1.82, 2.24) is 5.32 Å². The molecule has 1 amide bonds. The Morgan fingerprint density at radius 3 is 1.12 bits per heavy atom. The van der Waals surface area contributed by atoms with Crippen molar-refractivity contribution in [3.8, 4) is 0 Å². The number of amides is 1. The Kier molecular flexibility index (Phi) is 46.4. The highest BCUT2D eigenvalue weighted by atomic mass is 16.3. The molecule has 0 aliphatic heterocycles. The van der Waals surface area contributed by atoms with Crippen molar-refractivity contribution in [3.63, 3.8) is 0 Å². The van der Waals surface area contributed by atoms with Gasteiger partial charge in [-0.3, -0.25) is 4.79 Å². The molecule has 0 saturated carbocycles. The minimum absolute atomic E-state index is 0.364. The van der Waals surface area contributed by atoms with Crippen molar-refractivity contribution in [1.29, 1.82) is 0 Å². The Morgan fingerprint density at radius 1 is 0.424 bits per heavy atom. The average molecular weight is 832 g/mol. The fraction of sp³-hybridized carbons (Fsp3) is 0.868. The summed E-state index contributed by atoms with van der Waals surface area (Å²) in [6, 6.07) is -1.000. The molecular formula is C53H101NO5. The fourth-order valence-corrected chi connectivity index (χ4v) is 7.97. The summed E-state index contributed by atoms with van der Waals surface area (Å²) in [6.07, 6.45) is 57.9. The number of aliphatic hydroxyl groups excluding tert-OH is 4. The lowest BCUT2D eigenvalue weighted by atomic mass is 10.00. The SMILES string of the molecule is CCCCCCCC/C=C/CCCC(O)C(O)C(CO)NC(=O)C(O)CCCCCCCCCCCCCCCCCC/C=C\C/C=C\CCCCCCCCCCC. The second-order valence-electron chi connectivity index (χ2n) is 17.9. The van der Waals surface area contributed by atoms with E-state index in [1.165, 1.54) is 193 Å². The quantitative estimate of drug-likeness (QED) is 0.0310. The van der Waals surface area contributed by atoms with E-state index < -0.39 is 36.9 Å². The molecule has 6 heteroatoms. The molecule has 0 saturated heterocycles. The molecule has 0 bridgehead atoms. The van der Waals surface area contributed by atoms with E-state index in [9.17, 15) is 25.2 Å². The van der Waals surface area contributed by atoms with Crippen molar-refractivity contribution in [3.05, 3.63) is 36.5 Å². The van der Waals surface area contributed by atoms with Crippen LogP contribution < -0.4 is 5.32 Å². The predicted molar refractivity (Wildman–Crippen MR) is 256 cm³/mol. The molecule has 59 heavy (non-hydrogen) atoms. The molecule has 0 aromatic rings. The van der Waals surface area contributed by atoms with E-state index in [-0.39, 0.29) is 0 Å². The van der Waals surface area contributed by atoms with E-state index >= 15 is 0 Å². The first-order chi connectivity index (χ1) is 29.0. The van der Waals surface area contributed by atoms with E-state index in [4.69, 9.17) is 0 Å². The monoisotopic (exact) mass is 832 g/mol. The van der Waals surface area contributed by atoms with Gasteiger partial charge in [-0.15, -0.1) is 0 Å². The molecule has 0 rings (SSSR count). The molecule has 0 aromatic heterocycles. The van der Waals surface area contributed by atoms with E-state index in [1.54, 1.807) is 0 Å². The Hall–Kier alpha value is -1.47. The molecule has 0 fully saturated rings. The summed E-state index contributed by atoms with van der Waals surface area (Å²) in [4.78, 5) is 12.5. The minimum Gasteiger partial charge on any atom is -0.394 e. The molecule has 348 valence electrons. The smallest absolute Gasteiger partial charge is 0.249 e. The molecule has 5 N–H and O–H groups in total. The van der Waals surface area contributed by atoms with Gasteiger partial charge in [0.1, 0.15) is 12.2 Å². The predicted octanol–water partition coefficient (Wildman–Crippen LogP) is 14.5. The summed E-state index contributed by atoms with van der Waals surface area (Å²) in [5.41, 5.74) is 0. The highest BCUT2D eigenvalue weighted by molar-refractivity contribution is 5.80. The molecule has 0 aliphatic carbocycles. The van der Waals surface area contributed by atoms with E-state index in [1.807, 2.05) is 0 Å². The van der Waals surface area contributed by atoms with Crippen LogP contribution in [0.15, 0.2) is 36.5 Å². The van der Waals surface area contributed by atoms with Crippen LogP contribution in [-0.4, -0.2) is 57.3 Å². The maximum atomic E-state index is 12.5. The van der Waals surface area contributed by atoms with E-state index in [0.717, 1.165) is 44.9 Å². The molecule has 0 radical (unpaired) electrons. The summed E-state index contributed by atoms with van der Waals surface area (Å²) in [5, 5.41) is 43.6. The van der Waals surface area contributed by atoms with Crippen molar-refractivity contribution in [2.24, 2.45) is 0 Å². The maximum absolute atomic E-state index is 12.5. The molecule has 0 aromatic carbocycles. The number of hydrogen-bond acceptors (Lipinski definition) is 5. The van der Waals surface area contributed by atoms with Crippen LogP contribution in [0.5, 0.6) is 0 Å². The second kappa shape index (κ2) is 47.6. The average Bonchev–Trinajstić information content (AvgIpc) is 3.24. The molecule has 4 unspecified atom stereocenters. The Labute approximate surface area is 367 Å². The molecule has 0 heterocycles. The number of carbonyl (C=O) groups is 1. The third kappa shape index (κ3) is 41.6. The number of hydrogen-bond donors (Lipinski definition) is 5. The van der Waals surface area contributed by atoms with Gasteiger partial charge >= 0.3 is 0 Å². The first-order valence-electron chi connectivity index (χ1n) is 25.9. The normalized spacial score (nSPS) is 14.2. The standard InChI is InChI=1S/C53H101NO5/c1-3-5-7-9-11-13-15-16-17-18-19-20-21-22-23-24-25-26-27-28-29-30-31-32-33-34-35-37-39-41-43-45-47-51(57)53(59)54-49(48-55)52(58)50(56)46-44-42-40-38-36-14-12-10-8-6-4-2/h19-20,22-23,38,40,49-52,55-58H,3-18,21,24-37,39,41-48H2,1-2H3,(H,54,59)/b20-19-,23-22-,40-38+. The first kappa shape index (κ1) is 57.5. The largest absolute Gasteiger partial charge is 0.394 e. The lowest BCUT2D eigenvalue weighted by Gasteiger charge is -2.27. The first-order valence-corrected chi connectivity index (χ1v) is 25.9. The molecule has 0 spiro atoms. The van der Waals surface area contributed by atoms with Crippen LogP contribution >= 0.6 is 0 Å². The van der Waals surface area contributed by atoms with Crippen LogP contribution in [0.1, 0.15) is 264 Å². The van der Waals surface area contributed by atoms with Crippen molar-refractivity contribution in [2.45, 2.75) is 289 Å². The lowest BCUT2D eigenvalue weighted by Crippen LogP contribution is -2.53. The second-order valence-corrected chi connectivity index (χ2v) is 17.9. The van der Waals surface area contributed by atoms with Crippen molar-refractivity contribution < 1.29 is 25.2 Å².